The molecule has 0 N–H and O–H groups in total. The minimum atomic E-state index is -0.728. The highest BCUT2D eigenvalue weighted by molar-refractivity contribution is 7.80. The standard InChI is InChI=1S/C25H47O6PS/c1-2-3-4-5-6-7-9-13-16-19-25(27)31-23(22-30-32-28)21-29-24(26)18-15-12-10-8-11-14-17-20-33/h23,33H,2-22H2,1H3/t23-/m1/s1. The zero-order valence-electron chi connectivity index (χ0n) is 20.8. The summed E-state index contributed by atoms with van der Waals surface area (Å²) < 4.78 is 26.0. The lowest BCUT2D eigenvalue weighted by Crippen LogP contribution is -2.28. The Morgan fingerprint density at radius 3 is 1.70 bits per heavy atom. The molecule has 1 atom stereocenters. The first kappa shape index (κ1) is 32.4. The van der Waals surface area contributed by atoms with Crippen molar-refractivity contribution in [1.82, 2.24) is 0 Å². The molecule has 0 aromatic carbocycles. The first-order valence-corrected chi connectivity index (χ1v) is 14.4. The Morgan fingerprint density at radius 2 is 1.18 bits per heavy atom. The quantitative estimate of drug-likeness (QED) is 0.0593. The summed E-state index contributed by atoms with van der Waals surface area (Å²) in [5.74, 6) is 0.314. The summed E-state index contributed by atoms with van der Waals surface area (Å²) in [6.45, 7) is 2.09. The van der Waals surface area contributed by atoms with Crippen LogP contribution < -0.4 is 0 Å². The van der Waals surface area contributed by atoms with Gasteiger partial charge in [0.1, 0.15) is 13.2 Å². The van der Waals surface area contributed by atoms with Crippen LogP contribution in [0, 0.1) is 0 Å². The number of hydrogen-bond acceptors (Lipinski definition) is 7. The topological polar surface area (TPSA) is 78.9 Å². The van der Waals surface area contributed by atoms with Gasteiger partial charge in [0.2, 0.25) is 0 Å². The maximum Gasteiger partial charge on any atom is 0.327 e. The number of hydrogen-bond donors (Lipinski definition) is 1. The lowest BCUT2D eigenvalue weighted by atomic mass is 10.1. The lowest BCUT2D eigenvalue weighted by Gasteiger charge is -2.16. The Balaban J connectivity index is 3.87. The maximum absolute atomic E-state index is 12.1. The third kappa shape index (κ3) is 24.3. The van der Waals surface area contributed by atoms with Gasteiger partial charge in [-0.2, -0.15) is 12.6 Å². The average Bonchev–Trinajstić information content (AvgIpc) is 2.81. The molecule has 194 valence electrons. The molecule has 0 saturated heterocycles. The van der Waals surface area contributed by atoms with Gasteiger partial charge in [0.25, 0.3) is 0 Å². The molecule has 0 amide bonds. The van der Waals surface area contributed by atoms with Crippen LogP contribution in [0.25, 0.3) is 0 Å². The summed E-state index contributed by atoms with van der Waals surface area (Å²) >= 11 is 4.21. The van der Waals surface area contributed by atoms with E-state index in [4.69, 9.17) is 14.0 Å². The van der Waals surface area contributed by atoms with Crippen LogP contribution in [0.2, 0.25) is 0 Å². The molecule has 0 saturated carbocycles. The minimum absolute atomic E-state index is 0.0614. The third-order valence-corrected chi connectivity index (χ3v) is 6.14. The highest BCUT2D eigenvalue weighted by Crippen LogP contribution is 2.12. The normalized spacial score (nSPS) is 12.1. The van der Waals surface area contributed by atoms with E-state index in [-0.39, 0.29) is 25.2 Å². The van der Waals surface area contributed by atoms with Gasteiger partial charge in [0.15, 0.2) is 6.10 Å². The van der Waals surface area contributed by atoms with Gasteiger partial charge in [0, 0.05) is 12.8 Å². The van der Waals surface area contributed by atoms with E-state index in [2.05, 4.69) is 19.6 Å². The Hall–Kier alpha value is -0.650. The average molecular weight is 507 g/mol. The van der Waals surface area contributed by atoms with E-state index < -0.39 is 14.8 Å². The van der Waals surface area contributed by atoms with Gasteiger partial charge in [0.05, 0.1) is 0 Å². The molecule has 33 heavy (non-hydrogen) atoms. The van der Waals surface area contributed by atoms with Gasteiger partial charge >= 0.3 is 20.6 Å². The van der Waals surface area contributed by atoms with Crippen molar-refractivity contribution in [2.45, 2.75) is 129 Å². The number of esters is 2. The smallest absolute Gasteiger partial charge is 0.327 e. The monoisotopic (exact) mass is 506 g/mol. The Bertz CT molecular complexity index is 478. The van der Waals surface area contributed by atoms with Crippen molar-refractivity contribution < 1.29 is 28.2 Å². The molecular weight excluding hydrogens is 459 g/mol. The van der Waals surface area contributed by atoms with E-state index in [1.54, 1.807) is 0 Å². The molecule has 0 spiro atoms. The predicted octanol–water partition coefficient (Wildman–Crippen LogP) is 7.64. The van der Waals surface area contributed by atoms with Gasteiger partial charge in [-0.15, -0.1) is 0 Å². The molecule has 0 unspecified atom stereocenters. The molecule has 0 aliphatic rings. The van der Waals surface area contributed by atoms with Crippen molar-refractivity contribution in [3.05, 3.63) is 0 Å². The largest absolute Gasteiger partial charge is 0.462 e. The van der Waals surface area contributed by atoms with Crippen LogP contribution >= 0.6 is 21.3 Å². The fourth-order valence-corrected chi connectivity index (χ4v) is 4.03. The predicted molar refractivity (Wildman–Crippen MR) is 137 cm³/mol. The Labute approximate surface area is 209 Å². The van der Waals surface area contributed by atoms with E-state index in [0.29, 0.717) is 12.8 Å². The van der Waals surface area contributed by atoms with Crippen molar-refractivity contribution in [2.24, 2.45) is 0 Å². The van der Waals surface area contributed by atoms with E-state index in [0.717, 1.165) is 50.7 Å². The van der Waals surface area contributed by atoms with Crippen LogP contribution in [0.3, 0.4) is 0 Å². The molecule has 0 aromatic heterocycles. The van der Waals surface area contributed by atoms with Crippen LogP contribution in [0.5, 0.6) is 0 Å². The molecule has 0 bridgehead atoms. The Kier molecular flexibility index (Phi) is 25.5. The molecule has 0 aromatic rings. The van der Waals surface area contributed by atoms with Crippen molar-refractivity contribution in [1.29, 1.82) is 0 Å². The fourth-order valence-electron chi connectivity index (χ4n) is 3.58. The molecular formula is C25H47O6PS. The number of ether oxygens (including phenoxy) is 2. The first-order chi connectivity index (χ1) is 16.1. The van der Waals surface area contributed by atoms with Gasteiger partial charge in [-0.1, -0.05) is 90.4 Å². The molecule has 0 aliphatic heterocycles. The second-order valence-electron chi connectivity index (χ2n) is 8.69. The molecule has 0 heterocycles. The molecule has 0 aliphatic carbocycles. The van der Waals surface area contributed by atoms with Crippen LogP contribution in [0.15, 0.2) is 0 Å². The van der Waals surface area contributed by atoms with E-state index in [1.165, 1.54) is 57.8 Å². The summed E-state index contributed by atoms with van der Waals surface area (Å²) in [6.07, 6.45) is 18.3. The minimum Gasteiger partial charge on any atom is -0.462 e. The summed E-state index contributed by atoms with van der Waals surface area (Å²) in [4.78, 5) is 24.1. The number of carbonyl (C=O) groups excluding carboxylic acids is 2. The molecule has 6 nitrogen and oxygen atoms in total. The molecule has 0 rings (SSSR count). The van der Waals surface area contributed by atoms with Crippen molar-refractivity contribution in [3.63, 3.8) is 0 Å². The fraction of sp³-hybridized carbons (Fsp3) is 0.920. The lowest BCUT2D eigenvalue weighted by molar-refractivity contribution is -0.160. The van der Waals surface area contributed by atoms with Crippen molar-refractivity contribution >= 4 is 33.3 Å². The zero-order valence-corrected chi connectivity index (χ0v) is 22.6. The summed E-state index contributed by atoms with van der Waals surface area (Å²) in [5.41, 5.74) is 0. The number of thiol groups is 1. The van der Waals surface area contributed by atoms with E-state index >= 15 is 0 Å². The number of rotatable bonds is 25. The Morgan fingerprint density at radius 1 is 0.697 bits per heavy atom. The molecule has 8 heteroatoms. The second-order valence-corrected chi connectivity index (χ2v) is 9.55. The molecule has 0 fully saturated rings. The molecule has 0 radical (unpaired) electrons. The van der Waals surface area contributed by atoms with Gasteiger partial charge in [-0.25, -0.2) is 4.57 Å². The number of unbranched alkanes of at least 4 members (excludes halogenated alkanes) is 14. The van der Waals surface area contributed by atoms with Crippen LogP contribution in [-0.4, -0.2) is 37.0 Å². The summed E-state index contributed by atoms with van der Waals surface area (Å²) in [7, 11) is -0.488. The highest BCUT2D eigenvalue weighted by atomic mass is 32.1. The number of carbonyl (C=O) groups is 2. The van der Waals surface area contributed by atoms with Gasteiger partial charge < -0.3 is 9.47 Å². The van der Waals surface area contributed by atoms with E-state index in [9.17, 15) is 14.2 Å². The zero-order chi connectivity index (χ0) is 24.4. The second kappa shape index (κ2) is 26.0. The maximum atomic E-state index is 12.1. The first-order valence-electron chi connectivity index (χ1n) is 13.0. The summed E-state index contributed by atoms with van der Waals surface area (Å²) in [5, 5.41) is 0. The highest BCUT2D eigenvalue weighted by Gasteiger charge is 2.17. The van der Waals surface area contributed by atoms with Crippen molar-refractivity contribution in [3.8, 4) is 0 Å². The van der Waals surface area contributed by atoms with Crippen LogP contribution in [0.4, 0.5) is 0 Å². The van der Waals surface area contributed by atoms with Gasteiger partial charge in [-0.3, -0.25) is 14.1 Å². The van der Waals surface area contributed by atoms with Crippen LogP contribution in [-0.2, 0) is 28.2 Å². The summed E-state index contributed by atoms with van der Waals surface area (Å²) in [6, 6.07) is 0. The van der Waals surface area contributed by atoms with E-state index in [1.807, 2.05) is 0 Å². The van der Waals surface area contributed by atoms with Gasteiger partial charge in [-0.05, 0) is 25.0 Å². The van der Waals surface area contributed by atoms with Crippen LogP contribution in [0.1, 0.15) is 122 Å². The SMILES string of the molecule is CCCCCCCCCCCC(=O)O[C@@H](COP=O)COC(=O)CCCCCCCCCS. The van der Waals surface area contributed by atoms with Crippen molar-refractivity contribution in [2.75, 3.05) is 19.0 Å². The third-order valence-electron chi connectivity index (χ3n) is 5.56.